The summed E-state index contributed by atoms with van der Waals surface area (Å²) in [7, 11) is 0. The van der Waals surface area contributed by atoms with Gasteiger partial charge in [-0.15, -0.1) is 0 Å². The Kier molecular flexibility index (Phi) is 8.43. The average molecular weight is 725 g/mol. The second-order valence-electron chi connectivity index (χ2n) is 16.8. The molecule has 0 amide bonds. The highest BCUT2D eigenvalue weighted by molar-refractivity contribution is 6.12. The van der Waals surface area contributed by atoms with Crippen molar-refractivity contribution in [1.29, 1.82) is 0 Å². The fourth-order valence-electron chi connectivity index (χ4n) is 9.53. The highest BCUT2D eigenvalue weighted by Crippen LogP contribution is 2.45. The summed E-state index contributed by atoms with van der Waals surface area (Å²) in [6.07, 6.45) is 0. The van der Waals surface area contributed by atoms with Crippen molar-refractivity contribution in [2.24, 2.45) is 0 Å². The minimum Gasteiger partial charge on any atom is -0.250 e. The summed E-state index contributed by atoms with van der Waals surface area (Å²) in [6.45, 7) is 18.3. The molecule has 0 spiro atoms. The molecule has 0 bridgehead atoms. The Labute approximate surface area is 330 Å². The third kappa shape index (κ3) is 5.62. The van der Waals surface area contributed by atoms with E-state index in [0.29, 0.717) is 0 Å². The van der Waals surface area contributed by atoms with Gasteiger partial charge in [0.1, 0.15) is 0 Å². The van der Waals surface area contributed by atoms with Gasteiger partial charge in [0.05, 0.1) is 22.4 Å². The summed E-state index contributed by atoms with van der Waals surface area (Å²) >= 11 is 0. The molecule has 2 nitrogen and oxygen atoms in total. The number of hydrogen-bond donors (Lipinski definition) is 0. The molecular formula is C54H48N2. The predicted molar refractivity (Wildman–Crippen MR) is 239 cm³/mol. The molecule has 0 saturated carbocycles. The van der Waals surface area contributed by atoms with Crippen LogP contribution in [0.15, 0.2) is 146 Å². The molecule has 274 valence electrons. The molecule has 0 aliphatic rings. The third-order valence-corrected chi connectivity index (χ3v) is 12.4. The van der Waals surface area contributed by atoms with E-state index in [0.717, 1.165) is 33.2 Å². The minimum absolute atomic E-state index is 0.424. The molecule has 9 rings (SSSR count). The topological polar surface area (TPSA) is 25.8 Å². The van der Waals surface area contributed by atoms with E-state index in [9.17, 15) is 0 Å². The van der Waals surface area contributed by atoms with Crippen LogP contribution in [0.3, 0.4) is 0 Å². The van der Waals surface area contributed by atoms with E-state index in [1.165, 1.54) is 77.2 Å². The summed E-state index contributed by atoms with van der Waals surface area (Å²) < 4.78 is 0. The van der Waals surface area contributed by atoms with Gasteiger partial charge in [0.15, 0.2) is 0 Å². The van der Waals surface area contributed by atoms with Crippen LogP contribution in [0.1, 0.15) is 72.5 Å². The van der Waals surface area contributed by atoms with Crippen LogP contribution in [0.4, 0.5) is 0 Å². The molecule has 9 aromatic rings. The fourth-order valence-corrected chi connectivity index (χ4v) is 9.53. The number of rotatable bonds is 6. The standard InChI is InChI=1S/C54H48N2/c1-33-17-15-23-39-27-25-35(3)49(47(33)39)53(5,6)45-31-43(37-19-11-9-12-20-37)41-29-30-42-44(38-21-13-10-14-22-38)32-46(56-52(42)51(41)55-45)54(7,8)50-36(4)26-28-40-24-16-18-34(2)48(40)50/h9-32H,1-8H3. The lowest BCUT2D eigenvalue weighted by atomic mass is 9.74. The maximum atomic E-state index is 5.76. The number of aryl methyl sites for hydroxylation is 4. The zero-order valence-corrected chi connectivity index (χ0v) is 33.8. The van der Waals surface area contributed by atoms with Gasteiger partial charge < -0.3 is 0 Å². The molecule has 0 aliphatic heterocycles. The number of pyridine rings is 2. The van der Waals surface area contributed by atoms with E-state index in [-0.39, 0.29) is 0 Å². The van der Waals surface area contributed by atoms with Crippen LogP contribution in [-0.4, -0.2) is 9.97 Å². The number of nitrogens with zero attached hydrogens (tertiary/aromatic N) is 2. The Morgan fingerprint density at radius 1 is 0.375 bits per heavy atom. The van der Waals surface area contributed by atoms with Gasteiger partial charge in [-0.3, -0.25) is 0 Å². The SMILES string of the molecule is Cc1ccc2cccc(C)c2c1C(C)(C)c1cc(-c2ccccc2)c2ccc3c(-c4ccccc4)cc(C(C)(C)c4c(C)ccc5cccc(C)c45)nc3c2n1. The summed E-state index contributed by atoms with van der Waals surface area (Å²) in [6, 6.07) is 53.1. The first-order valence-electron chi connectivity index (χ1n) is 19.8. The van der Waals surface area contributed by atoms with E-state index < -0.39 is 10.8 Å². The highest BCUT2D eigenvalue weighted by Gasteiger charge is 2.33. The third-order valence-electron chi connectivity index (χ3n) is 12.4. The Morgan fingerprint density at radius 3 is 1.16 bits per heavy atom. The first kappa shape index (κ1) is 35.6. The van der Waals surface area contributed by atoms with E-state index in [1.807, 2.05) is 0 Å². The smallest absolute Gasteiger partial charge is 0.0974 e. The summed E-state index contributed by atoms with van der Waals surface area (Å²) in [5, 5.41) is 7.35. The van der Waals surface area contributed by atoms with Crippen molar-refractivity contribution in [2.45, 2.75) is 66.2 Å². The molecule has 2 aromatic heterocycles. The van der Waals surface area contributed by atoms with E-state index in [1.54, 1.807) is 0 Å². The fraction of sp³-hybridized carbons (Fsp3) is 0.185. The van der Waals surface area contributed by atoms with Crippen molar-refractivity contribution in [3.8, 4) is 22.3 Å². The van der Waals surface area contributed by atoms with Crippen LogP contribution in [-0.2, 0) is 10.8 Å². The van der Waals surface area contributed by atoms with E-state index in [4.69, 9.17) is 9.97 Å². The lowest BCUT2D eigenvalue weighted by molar-refractivity contribution is 0.619. The van der Waals surface area contributed by atoms with Gasteiger partial charge in [0, 0.05) is 21.6 Å². The Morgan fingerprint density at radius 2 is 0.768 bits per heavy atom. The van der Waals surface area contributed by atoms with Gasteiger partial charge in [-0.1, -0.05) is 161 Å². The van der Waals surface area contributed by atoms with Crippen LogP contribution < -0.4 is 0 Å². The predicted octanol–water partition coefficient (Wildman–Crippen LogP) is 14.3. The normalized spacial score (nSPS) is 12.3. The van der Waals surface area contributed by atoms with E-state index >= 15 is 0 Å². The molecule has 0 unspecified atom stereocenters. The van der Waals surface area contributed by atoms with Crippen molar-refractivity contribution >= 4 is 43.4 Å². The molecular weight excluding hydrogens is 677 g/mol. The lowest BCUT2D eigenvalue weighted by Gasteiger charge is -2.31. The van der Waals surface area contributed by atoms with Crippen LogP contribution >= 0.6 is 0 Å². The molecule has 0 aliphatic carbocycles. The Balaban J connectivity index is 1.41. The van der Waals surface area contributed by atoms with Crippen LogP contribution in [0.25, 0.3) is 65.6 Å². The zero-order valence-electron chi connectivity index (χ0n) is 33.8. The first-order valence-corrected chi connectivity index (χ1v) is 19.8. The quantitative estimate of drug-likeness (QED) is 0.160. The Hall–Kier alpha value is -6.12. The maximum Gasteiger partial charge on any atom is 0.0974 e. The number of hydrogen-bond acceptors (Lipinski definition) is 2. The van der Waals surface area contributed by atoms with E-state index in [2.05, 4.69) is 201 Å². The second kappa shape index (κ2) is 13.3. The summed E-state index contributed by atoms with van der Waals surface area (Å²) in [4.78, 5) is 11.5. The van der Waals surface area contributed by atoms with Crippen molar-refractivity contribution in [3.63, 3.8) is 0 Å². The molecule has 0 saturated heterocycles. The molecule has 0 fully saturated rings. The zero-order chi connectivity index (χ0) is 38.9. The molecule has 0 atom stereocenters. The highest BCUT2D eigenvalue weighted by atomic mass is 14.8. The van der Waals surface area contributed by atoms with Gasteiger partial charge in [-0.05, 0) is 117 Å². The minimum atomic E-state index is -0.424. The molecule has 2 heteroatoms. The van der Waals surface area contributed by atoms with Crippen LogP contribution in [0.5, 0.6) is 0 Å². The van der Waals surface area contributed by atoms with Crippen LogP contribution in [0, 0.1) is 27.7 Å². The second-order valence-corrected chi connectivity index (χ2v) is 16.8. The molecule has 0 N–H and O–H groups in total. The van der Waals surface area contributed by atoms with Crippen molar-refractivity contribution in [3.05, 3.63) is 190 Å². The first-order chi connectivity index (χ1) is 26.9. The maximum absolute atomic E-state index is 5.76. The monoisotopic (exact) mass is 724 g/mol. The van der Waals surface area contributed by atoms with Gasteiger partial charge in [-0.25, -0.2) is 9.97 Å². The summed E-state index contributed by atoms with van der Waals surface area (Å²) in [5.74, 6) is 0. The molecule has 7 aromatic carbocycles. The Bertz CT molecular complexity index is 2780. The van der Waals surface area contributed by atoms with Gasteiger partial charge in [0.2, 0.25) is 0 Å². The molecule has 0 radical (unpaired) electrons. The van der Waals surface area contributed by atoms with Crippen LogP contribution in [0.2, 0.25) is 0 Å². The number of fused-ring (bicyclic) bond motifs is 5. The van der Waals surface area contributed by atoms with Gasteiger partial charge in [-0.2, -0.15) is 0 Å². The number of aromatic nitrogens is 2. The van der Waals surface area contributed by atoms with Crippen molar-refractivity contribution < 1.29 is 0 Å². The lowest BCUT2D eigenvalue weighted by Crippen LogP contribution is -2.24. The number of benzene rings is 7. The van der Waals surface area contributed by atoms with Crippen molar-refractivity contribution in [1.82, 2.24) is 9.97 Å². The average Bonchev–Trinajstić information content (AvgIpc) is 3.20. The molecule has 2 heterocycles. The van der Waals surface area contributed by atoms with Gasteiger partial charge >= 0.3 is 0 Å². The van der Waals surface area contributed by atoms with Crippen molar-refractivity contribution in [2.75, 3.05) is 0 Å². The van der Waals surface area contributed by atoms with Gasteiger partial charge in [0.25, 0.3) is 0 Å². The molecule has 56 heavy (non-hydrogen) atoms. The summed E-state index contributed by atoms with van der Waals surface area (Å²) in [5.41, 5.74) is 15.5. The largest absolute Gasteiger partial charge is 0.250 e.